The quantitative estimate of drug-likeness (QED) is 0.841. The lowest BCUT2D eigenvalue weighted by molar-refractivity contribution is 0.507. The Morgan fingerprint density at radius 2 is 2.00 bits per heavy atom. The van der Waals surface area contributed by atoms with Gasteiger partial charge in [-0.2, -0.15) is 0 Å². The zero-order chi connectivity index (χ0) is 12.8. The molecule has 3 nitrogen and oxygen atoms in total. The summed E-state index contributed by atoms with van der Waals surface area (Å²) in [7, 11) is 0. The fraction of sp³-hybridized carbons (Fsp3) is 0.154. The van der Waals surface area contributed by atoms with Crippen LogP contribution >= 0.6 is 23.8 Å². The van der Waals surface area contributed by atoms with E-state index < -0.39 is 0 Å². The van der Waals surface area contributed by atoms with E-state index >= 15 is 0 Å². The van der Waals surface area contributed by atoms with E-state index in [-0.39, 0.29) is 0 Å². The second kappa shape index (κ2) is 6.42. The molecule has 0 radical (unpaired) electrons. The average Bonchev–Trinajstić information content (AvgIpc) is 2.85. The molecule has 18 heavy (non-hydrogen) atoms. The summed E-state index contributed by atoms with van der Waals surface area (Å²) in [5.41, 5.74) is 0.912. The molecule has 0 aliphatic carbocycles. The number of nitrogens with one attached hydrogen (secondary N) is 2. The summed E-state index contributed by atoms with van der Waals surface area (Å²) in [6.45, 7) is 0.729. The van der Waals surface area contributed by atoms with Crippen LogP contribution in [0.4, 0.5) is 5.69 Å². The maximum absolute atomic E-state index is 5.80. The summed E-state index contributed by atoms with van der Waals surface area (Å²) < 4.78 is 5.23. The van der Waals surface area contributed by atoms with E-state index in [0.717, 1.165) is 24.4 Å². The first-order valence-corrected chi connectivity index (χ1v) is 6.35. The summed E-state index contributed by atoms with van der Waals surface area (Å²) >= 11 is 11.0. The maximum atomic E-state index is 5.80. The zero-order valence-electron chi connectivity index (χ0n) is 9.65. The Hall–Kier alpha value is -1.52. The predicted molar refractivity (Wildman–Crippen MR) is 78.1 cm³/mol. The van der Waals surface area contributed by atoms with Crippen LogP contribution in [0.25, 0.3) is 0 Å². The van der Waals surface area contributed by atoms with Gasteiger partial charge in [-0.1, -0.05) is 11.6 Å². The van der Waals surface area contributed by atoms with E-state index in [1.807, 2.05) is 36.4 Å². The van der Waals surface area contributed by atoms with Crippen molar-refractivity contribution in [2.75, 3.05) is 11.9 Å². The fourth-order valence-electron chi connectivity index (χ4n) is 1.46. The van der Waals surface area contributed by atoms with Gasteiger partial charge in [0, 0.05) is 23.7 Å². The molecule has 0 fully saturated rings. The Kier molecular flexibility index (Phi) is 4.61. The van der Waals surface area contributed by atoms with Crippen LogP contribution in [-0.4, -0.2) is 11.7 Å². The molecule has 0 atom stereocenters. The van der Waals surface area contributed by atoms with Gasteiger partial charge in [-0.3, -0.25) is 0 Å². The van der Waals surface area contributed by atoms with Gasteiger partial charge in [-0.25, -0.2) is 0 Å². The molecule has 2 N–H and O–H groups in total. The molecule has 2 rings (SSSR count). The second-order valence-corrected chi connectivity index (χ2v) is 4.56. The highest BCUT2D eigenvalue weighted by Crippen LogP contribution is 2.13. The molecule has 94 valence electrons. The summed E-state index contributed by atoms with van der Waals surface area (Å²) in [5, 5.41) is 7.48. The molecule has 1 heterocycles. The van der Waals surface area contributed by atoms with Gasteiger partial charge >= 0.3 is 0 Å². The highest BCUT2D eigenvalue weighted by molar-refractivity contribution is 7.80. The van der Waals surface area contributed by atoms with Crippen molar-refractivity contribution in [1.82, 2.24) is 5.32 Å². The SMILES string of the molecule is S=C(NCCc1ccco1)Nc1ccc(Cl)cc1. The molecule has 0 aliphatic heterocycles. The number of hydrogen-bond acceptors (Lipinski definition) is 2. The maximum Gasteiger partial charge on any atom is 0.170 e. The molecule has 0 bridgehead atoms. The van der Waals surface area contributed by atoms with Crippen molar-refractivity contribution in [1.29, 1.82) is 0 Å². The molecule has 1 aromatic carbocycles. The average molecular weight is 281 g/mol. The lowest BCUT2D eigenvalue weighted by atomic mass is 10.3. The van der Waals surface area contributed by atoms with Gasteiger partial charge in [0.15, 0.2) is 5.11 Å². The van der Waals surface area contributed by atoms with Crippen molar-refractivity contribution in [3.05, 3.63) is 53.4 Å². The van der Waals surface area contributed by atoms with Gasteiger partial charge in [-0.15, -0.1) is 0 Å². The van der Waals surface area contributed by atoms with E-state index in [1.165, 1.54) is 0 Å². The van der Waals surface area contributed by atoms with Crippen LogP contribution in [-0.2, 0) is 6.42 Å². The Labute approximate surface area is 116 Å². The number of anilines is 1. The summed E-state index contributed by atoms with van der Waals surface area (Å²) in [6.07, 6.45) is 2.47. The summed E-state index contributed by atoms with van der Waals surface area (Å²) in [5.74, 6) is 0.941. The first kappa shape index (κ1) is 12.9. The number of rotatable bonds is 4. The third-order valence-corrected chi connectivity index (χ3v) is 2.84. The molecule has 0 saturated heterocycles. The minimum Gasteiger partial charge on any atom is -0.469 e. The van der Waals surface area contributed by atoms with E-state index in [1.54, 1.807) is 6.26 Å². The standard InChI is InChI=1S/C13H13ClN2OS/c14-10-3-5-11(6-4-10)16-13(18)15-8-7-12-2-1-9-17-12/h1-6,9H,7-8H2,(H2,15,16,18). The number of thiocarbonyl (C=S) groups is 1. The van der Waals surface area contributed by atoms with E-state index in [4.69, 9.17) is 28.2 Å². The largest absolute Gasteiger partial charge is 0.469 e. The molecule has 0 amide bonds. The second-order valence-electron chi connectivity index (χ2n) is 3.72. The van der Waals surface area contributed by atoms with Crippen molar-refractivity contribution >= 4 is 34.6 Å². The van der Waals surface area contributed by atoms with Crippen LogP contribution in [0.1, 0.15) is 5.76 Å². The van der Waals surface area contributed by atoms with Gasteiger partial charge in [-0.05, 0) is 48.6 Å². The van der Waals surface area contributed by atoms with Crippen LogP contribution in [0.2, 0.25) is 5.02 Å². The summed E-state index contributed by atoms with van der Waals surface area (Å²) in [6, 6.07) is 11.2. The third kappa shape index (κ3) is 4.05. The molecule has 0 unspecified atom stereocenters. The number of halogens is 1. The van der Waals surface area contributed by atoms with Crippen LogP contribution in [0.3, 0.4) is 0 Å². The zero-order valence-corrected chi connectivity index (χ0v) is 11.2. The molecule has 0 saturated carbocycles. The van der Waals surface area contributed by atoms with Crippen molar-refractivity contribution in [2.45, 2.75) is 6.42 Å². The first-order valence-electron chi connectivity index (χ1n) is 5.57. The monoisotopic (exact) mass is 280 g/mol. The smallest absolute Gasteiger partial charge is 0.170 e. The highest BCUT2D eigenvalue weighted by Gasteiger charge is 1.99. The predicted octanol–water partition coefficient (Wildman–Crippen LogP) is 3.46. The lowest BCUT2D eigenvalue weighted by Crippen LogP contribution is -2.30. The van der Waals surface area contributed by atoms with Crippen molar-refractivity contribution < 1.29 is 4.42 Å². The molecule has 2 aromatic rings. The Bertz CT molecular complexity index is 496. The molecule has 5 heteroatoms. The van der Waals surface area contributed by atoms with E-state index in [0.29, 0.717) is 10.1 Å². The van der Waals surface area contributed by atoms with Crippen molar-refractivity contribution in [3.63, 3.8) is 0 Å². The van der Waals surface area contributed by atoms with Gasteiger partial charge in [0.05, 0.1) is 6.26 Å². The molecular weight excluding hydrogens is 268 g/mol. The van der Waals surface area contributed by atoms with E-state index in [2.05, 4.69) is 10.6 Å². The molecule has 0 aliphatic rings. The summed E-state index contributed by atoms with van der Waals surface area (Å²) in [4.78, 5) is 0. The van der Waals surface area contributed by atoms with Gasteiger partial charge in [0.25, 0.3) is 0 Å². The number of furan rings is 1. The van der Waals surface area contributed by atoms with Crippen molar-refractivity contribution in [2.24, 2.45) is 0 Å². The van der Waals surface area contributed by atoms with Crippen LogP contribution in [0.5, 0.6) is 0 Å². The Morgan fingerprint density at radius 3 is 2.67 bits per heavy atom. The Morgan fingerprint density at radius 1 is 1.22 bits per heavy atom. The molecule has 1 aromatic heterocycles. The topological polar surface area (TPSA) is 37.2 Å². The van der Waals surface area contributed by atoms with Crippen LogP contribution in [0.15, 0.2) is 47.1 Å². The van der Waals surface area contributed by atoms with Gasteiger partial charge in [0.1, 0.15) is 5.76 Å². The van der Waals surface area contributed by atoms with Crippen LogP contribution in [0, 0.1) is 0 Å². The van der Waals surface area contributed by atoms with E-state index in [9.17, 15) is 0 Å². The van der Waals surface area contributed by atoms with Crippen molar-refractivity contribution in [3.8, 4) is 0 Å². The number of benzene rings is 1. The molecule has 0 spiro atoms. The van der Waals surface area contributed by atoms with Crippen LogP contribution < -0.4 is 10.6 Å². The highest BCUT2D eigenvalue weighted by atomic mass is 35.5. The van der Waals surface area contributed by atoms with Gasteiger partial charge in [0.2, 0.25) is 0 Å². The fourth-order valence-corrected chi connectivity index (χ4v) is 1.81. The normalized spacial score (nSPS) is 10.1. The minimum atomic E-state index is 0.587. The van der Waals surface area contributed by atoms with Gasteiger partial charge < -0.3 is 15.1 Å². The lowest BCUT2D eigenvalue weighted by Gasteiger charge is -2.09. The minimum absolute atomic E-state index is 0.587. The molecular formula is C13H13ClN2OS. The first-order chi connectivity index (χ1) is 8.74. The third-order valence-electron chi connectivity index (χ3n) is 2.34. The number of hydrogen-bond donors (Lipinski definition) is 2. The Balaban J connectivity index is 1.73.